The predicted molar refractivity (Wildman–Crippen MR) is 372 cm³/mol. The maximum atomic E-state index is 6.93. The van der Waals surface area contributed by atoms with Crippen LogP contribution in [0.3, 0.4) is 0 Å². The molecule has 0 saturated carbocycles. The molecule has 0 aliphatic carbocycles. The van der Waals surface area contributed by atoms with Gasteiger partial charge in [-0.3, -0.25) is 0 Å². The second-order valence-corrected chi connectivity index (χ2v) is 25.5. The summed E-state index contributed by atoms with van der Waals surface area (Å²) >= 11 is 2.57. The van der Waals surface area contributed by atoms with Crippen LogP contribution in [-0.4, -0.2) is 23.3 Å². The fourth-order valence-corrected chi connectivity index (χ4v) is 14.8. The van der Waals surface area contributed by atoms with E-state index in [-0.39, 0.29) is 5.41 Å². The quantitative estimate of drug-likeness (QED) is 0.0957. The van der Waals surface area contributed by atoms with Crippen molar-refractivity contribution in [2.75, 3.05) is 0 Å². The van der Waals surface area contributed by atoms with E-state index in [1.165, 1.54) is 16.3 Å². The standard InChI is InChI=1S/C82H58N5OP.Pt/c1-82(2,3)57-46-47-83-78(48-57)87-73-40-18-15-34-67(73)68-45-44-61(52-76(68)87)88-60-31-21-30-58(49-60)84-53-85(75-42-20-19-41-74(75)84)81-69(79-62(54-24-7-4-8-25-54)35-22-36-63(79)55-26-9-5-10-27-55)50-59(86-71-38-16-13-32-65(71)66-33-14-17-39-72(66)86)51-70(81)80-64(37-23-43-77(80)89)56-28-11-6-12-29-56;/h4-48,50-51H,89H2,1-3H3;/q-2;. The Kier molecular flexibility index (Phi) is 13.7. The average molecular weight is 1360 g/mol. The van der Waals surface area contributed by atoms with Crippen molar-refractivity contribution in [3.05, 3.63) is 307 Å². The number of aromatic nitrogens is 5. The second kappa shape index (κ2) is 22.4. The molecule has 0 aliphatic rings. The van der Waals surface area contributed by atoms with Gasteiger partial charge in [0.1, 0.15) is 0 Å². The SMILES string of the molecule is CC(C)(C)c1ccnc(-n2c3[c-]c(Oc4[c-]c(-n5[c](=[Pt])n(-c6c(-c7c(P)cccc7-c7ccccc7)cc(-n7c8ccccc8c8ccccc87)cc6-c6c(-c7ccccc7)cccc6-c6ccccc6)c6ccccc65)ccc4)ccc3c3ccccc32)c1. The number of hydrogen-bond donors (Lipinski definition) is 0. The Labute approximate surface area is 535 Å². The molecule has 0 spiro atoms. The van der Waals surface area contributed by atoms with Gasteiger partial charge in [-0.15, -0.1) is 0 Å². The summed E-state index contributed by atoms with van der Waals surface area (Å²) < 4.78 is 17.4. The number of imidazole rings is 1. The number of pyridine rings is 1. The van der Waals surface area contributed by atoms with Crippen LogP contribution in [0.5, 0.6) is 11.5 Å². The zero-order valence-electron chi connectivity index (χ0n) is 49.7. The van der Waals surface area contributed by atoms with Crippen molar-refractivity contribution in [1.82, 2.24) is 23.3 Å². The van der Waals surface area contributed by atoms with E-state index in [0.717, 1.165) is 131 Å². The van der Waals surface area contributed by atoms with E-state index in [1.54, 1.807) is 0 Å². The summed E-state index contributed by atoms with van der Waals surface area (Å²) in [7, 11) is 3.16. The van der Waals surface area contributed by atoms with E-state index in [0.29, 0.717) is 11.5 Å². The van der Waals surface area contributed by atoms with Gasteiger partial charge in [0, 0.05) is 6.20 Å². The molecule has 12 aromatic carbocycles. The van der Waals surface area contributed by atoms with Gasteiger partial charge in [0.25, 0.3) is 0 Å². The number of rotatable bonds is 11. The van der Waals surface area contributed by atoms with Gasteiger partial charge < -0.3 is 0 Å². The molecule has 4 aromatic heterocycles. The Hall–Kier alpha value is -10.2. The van der Waals surface area contributed by atoms with Gasteiger partial charge in [-0.1, -0.05) is 32.9 Å². The zero-order valence-corrected chi connectivity index (χ0v) is 53.1. The molecule has 90 heavy (non-hydrogen) atoms. The number of nitrogens with zero attached hydrogens (tertiary/aromatic N) is 5. The van der Waals surface area contributed by atoms with E-state index >= 15 is 0 Å². The van der Waals surface area contributed by atoms with Gasteiger partial charge in [-0.05, 0) is 17.0 Å². The predicted octanol–water partition coefficient (Wildman–Crippen LogP) is 20.6. The molecule has 0 aliphatic heterocycles. The van der Waals surface area contributed by atoms with Crippen molar-refractivity contribution in [1.29, 1.82) is 0 Å². The molecule has 16 rings (SSSR count). The molecule has 0 N–H and O–H groups in total. The first-order valence-electron chi connectivity index (χ1n) is 30.3. The first kappa shape index (κ1) is 55.1. The number of benzene rings is 12. The van der Waals surface area contributed by atoms with Crippen LogP contribution in [0.1, 0.15) is 26.3 Å². The van der Waals surface area contributed by atoms with Crippen LogP contribution in [0, 0.1) is 15.9 Å². The van der Waals surface area contributed by atoms with E-state index in [4.69, 9.17) is 9.72 Å². The molecule has 0 fully saturated rings. The Morgan fingerprint density at radius 2 is 0.878 bits per heavy atom. The molecule has 1 unspecified atom stereocenters. The topological polar surface area (TPSA) is 41.8 Å². The van der Waals surface area contributed by atoms with E-state index in [1.807, 2.05) is 18.3 Å². The van der Waals surface area contributed by atoms with Crippen LogP contribution in [-0.2, 0) is 24.8 Å². The van der Waals surface area contributed by atoms with Crippen molar-refractivity contribution in [3.63, 3.8) is 0 Å². The molecule has 1 atom stereocenters. The van der Waals surface area contributed by atoms with Crippen LogP contribution in [0.15, 0.2) is 285 Å². The molecular formula is C82H58N5OPPt-2. The van der Waals surface area contributed by atoms with Gasteiger partial charge in [0.2, 0.25) is 0 Å². The normalized spacial score (nSPS) is 11.8. The minimum atomic E-state index is -0.0627. The summed E-state index contributed by atoms with van der Waals surface area (Å²) in [6.07, 6.45) is 1.91. The van der Waals surface area contributed by atoms with Gasteiger partial charge in [0.15, 0.2) is 0 Å². The first-order chi connectivity index (χ1) is 44.1. The number of ether oxygens (including phenoxy) is 1. The second-order valence-electron chi connectivity index (χ2n) is 23.8. The fourth-order valence-electron chi connectivity index (χ4n) is 13.3. The Bertz CT molecular complexity index is 5430. The van der Waals surface area contributed by atoms with Gasteiger partial charge in [-0.25, -0.2) is 0 Å². The van der Waals surface area contributed by atoms with Crippen molar-refractivity contribution >= 4 is 69.2 Å². The molecule has 8 heteroatoms. The van der Waals surface area contributed by atoms with Crippen LogP contribution in [0.25, 0.3) is 133 Å². The summed E-state index contributed by atoms with van der Waals surface area (Å²) in [5, 5.41) is 5.66. The number of fused-ring (bicyclic) bond motifs is 7. The van der Waals surface area contributed by atoms with Crippen LogP contribution < -0.4 is 10.0 Å². The molecule has 0 amide bonds. The molecule has 6 nitrogen and oxygen atoms in total. The summed E-state index contributed by atoms with van der Waals surface area (Å²) in [4.78, 5) is 4.94. The Morgan fingerprint density at radius 1 is 0.400 bits per heavy atom. The number of para-hydroxylation sites is 5. The van der Waals surface area contributed by atoms with Gasteiger partial charge in [-0.2, -0.15) is 0 Å². The van der Waals surface area contributed by atoms with Crippen molar-refractivity contribution < 1.29 is 24.1 Å². The van der Waals surface area contributed by atoms with Crippen molar-refractivity contribution in [2.45, 2.75) is 26.2 Å². The third-order valence-corrected chi connectivity index (χ3v) is 18.9. The summed E-state index contributed by atoms with van der Waals surface area (Å²) in [5.74, 6) is 1.97. The average Bonchev–Trinajstić information content (AvgIpc) is 1.41. The molecule has 434 valence electrons. The maximum absolute atomic E-state index is 6.93. The zero-order chi connectivity index (χ0) is 60.6. The van der Waals surface area contributed by atoms with Crippen LogP contribution in [0.4, 0.5) is 0 Å². The monoisotopic (exact) mass is 1350 g/mol. The molecule has 0 radical (unpaired) electrons. The molecule has 0 saturated heterocycles. The Morgan fingerprint density at radius 3 is 1.47 bits per heavy atom. The van der Waals surface area contributed by atoms with Crippen molar-refractivity contribution in [3.8, 4) is 90.0 Å². The minimum absolute atomic E-state index is 0.0627. The van der Waals surface area contributed by atoms with Crippen LogP contribution >= 0.6 is 9.24 Å². The van der Waals surface area contributed by atoms with Crippen LogP contribution in [0.2, 0.25) is 0 Å². The third kappa shape index (κ3) is 9.41. The summed E-state index contributed by atoms with van der Waals surface area (Å²) in [6.45, 7) is 6.70. The first-order valence-corrected chi connectivity index (χ1v) is 32.0. The van der Waals surface area contributed by atoms with Crippen molar-refractivity contribution in [2.24, 2.45) is 0 Å². The summed E-state index contributed by atoms with van der Waals surface area (Å²) in [6, 6.07) is 108. The fraction of sp³-hybridized carbons (Fsp3) is 0.0488. The molecule has 0 bridgehead atoms. The van der Waals surface area contributed by atoms with E-state index < -0.39 is 0 Å². The van der Waals surface area contributed by atoms with Gasteiger partial charge in [0.05, 0.1) is 0 Å². The summed E-state index contributed by atoms with van der Waals surface area (Å²) in [5.41, 5.74) is 21.3. The van der Waals surface area contributed by atoms with Gasteiger partial charge >= 0.3 is 483 Å². The molecule has 16 aromatic rings. The molecule has 4 heterocycles. The van der Waals surface area contributed by atoms with E-state index in [2.05, 4.69) is 347 Å². The Balaban J connectivity index is 0.976. The number of hydrogen-bond acceptors (Lipinski definition) is 2. The molecular weight excluding hydrogens is 1300 g/mol. The third-order valence-electron chi connectivity index (χ3n) is 17.4. The van der Waals surface area contributed by atoms with E-state index in [9.17, 15) is 0 Å².